The lowest BCUT2D eigenvalue weighted by Crippen LogP contribution is -2.12. The van der Waals surface area contributed by atoms with Gasteiger partial charge in [0.25, 0.3) is 0 Å². The summed E-state index contributed by atoms with van der Waals surface area (Å²) in [5.74, 6) is 2.86. The lowest BCUT2D eigenvalue weighted by molar-refractivity contribution is 0.614. The van der Waals surface area contributed by atoms with Crippen molar-refractivity contribution in [1.82, 2.24) is 20.1 Å². The van der Waals surface area contributed by atoms with Crippen molar-refractivity contribution in [2.75, 3.05) is 7.05 Å². The zero-order valence-electron chi connectivity index (χ0n) is 8.95. The Bertz CT molecular complexity index is 299. The molecule has 1 aromatic rings. The normalized spacial score (nSPS) is 17.9. The third kappa shape index (κ3) is 1.66. The Labute approximate surface area is 84.7 Å². The van der Waals surface area contributed by atoms with Crippen molar-refractivity contribution in [3.8, 4) is 0 Å². The molecule has 0 aromatic carbocycles. The molecule has 0 bridgehead atoms. The molecule has 2 rings (SSSR count). The summed E-state index contributed by atoms with van der Waals surface area (Å²) in [7, 11) is 4.00. The lowest BCUT2D eigenvalue weighted by atomic mass is 10.1. The zero-order chi connectivity index (χ0) is 9.97. The highest BCUT2D eigenvalue weighted by molar-refractivity contribution is 5.03. The Morgan fingerprint density at radius 1 is 1.36 bits per heavy atom. The summed E-state index contributed by atoms with van der Waals surface area (Å²) in [6.07, 6.45) is 5.26. The van der Waals surface area contributed by atoms with E-state index in [-0.39, 0.29) is 0 Å². The van der Waals surface area contributed by atoms with Crippen LogP contribution in [0.1, 0.15) is 43.3 Å². The third-order valence-electron chi connectivity index (χ3n) is 3.05. The zero-order valence-corrected chi connectivity index (χ0v) is 8.95. The molecular weight excluding hydrogens is 176 g/mol. The molecule has 14 heavy (non-hydrogen) atoms. The number of nitrogens with zero attached hydrogens (tertiary/aromatic N) is 3. The van der Waals surface area contributed by atoms with Crippen molar-refractivity contribution < 1.29 is 0 Å². The van der Waals surface area contributed by atoms with E-state index in [9.17, 15) is 0 Å². The van der Waals surface area contributed by atoms with Gasteiger partial charge in [-0.1, -0.05) is 12.8 Å². The maximum absolute atomic E-state index is 4.29. The average molecular weight is 194 g/mol. The summed E-state index contributed by atoms with van der Waals surface area (Å²) in [4.78, 5) is 0. The molecule has 0 radical (unpaired) electrons. The van der Waals surface area contributed by atoms with E-state index in [0.29, 0.717) is 5.92 Å². The van der Waals surface area contributed by atoms with Crippen LogP contribution in [-0.4, -0.2) is 21.8 Å². The first kappa shape index (κ1) is 9.65. The van der Waals surface area contributed by atoms with Crippen LogP contribution in [0.25, 0.3) is 0 Å². The quantitative estimate of drug-likeness (QED) is 0.786. The summed E-state index contributed by atoms with van der Waals surface area (Å²) >= 11 is 0. The highest BCUT2D eigenvalue weighted by Gasteiger charge is 2.22. The molecule has 1 N–H and O–H groups in total. The van der Waals surface area contributed by atoms with Crippen LogP contribution in [-0.2, 0) is 13.6 Å². The van der Waals surface area contributed by atoms with Crippen LogP contribution in [0.15, 0.2) is 0 Å². The van der Waals surface area contributed by atoms with E-state index in [2.05, 4.69) is 27.1 Å². The fourth-order valence-electron chi connectivity index (χ4n) is 2.23. The summed E-state index contributed by atoms with van der Waals surface area (Å²) in [6, 6.07) is 0. The molecule has 1 aliphatic carbocycles. The van der Waals surface area contributed by atoms with Crippen LogP contribution in [0.2, 0.25) is 0 Å². The molecule has 1 aliphatic rings. The molecule has 0 unspecified atom stereocenters. The molecule has 4 heteroatoms. The van der Waals surface area contributed by atoms with E-state index in [1.54, 1.807) is 0 Å². The van der Waals surface area contributed by atoms with E-state index in [1.807, 2.05) is 7.05 Å². The van der Waals surface area contributed by atoms with E-state index in [0.717, 1.165) is 12.4 Å². The molecule has 0 atom stereocenters. The first-order chi connectivity index (χ1) is 6.83. The maximum atomic E-state index is 4.29. The molecule has 4 nitrogen and oxygen atoms in total. The number of hydrogen-bond acceptors (Lipinski definition) is 3. The minimum absolute atomic E-state index is 0.651. The monoisotopic (exact) mass is 194 g/mol. The predicted molar refractivity (Wildman–Crippen MR) is 55.0 cm³/mol. The van der Waals surface area contributed by atoms with Crippen molar-refractivity contribution >= 4 is 0 Å². The standard InChI is InChI=1S/C10H18N4/c1-11-7-9-12-13-10(14(9)2)8-5-3-4-6-8/h8,11H,3-7H2,1-2H3. The van der Waals surface area contributed by atoms with Gasteiger partial charge in [-0.2, -0.15) is 0 Å². The smallest absolute Gasteiger partial charge is 0.146 e. The van der Waals surface area contributed by atoms with Gasteiger partial charge in [-0.05, 0) is 19.9 Å². The van der Waals surface area contributed by atoms with Crippen LogP contribution in [0.4, 0.5) is 0 Å². The van der Waals surface area contributed by atoms with Gasteiger partial charge in [-0.25, -0.2) is 0 Å². The minimum atomic E-state index is 0.651. The third-order valence-corrected chi connectivity index (χ3v) is 3.05. The first-order valence-electron chi connectivity index (χ1n) is 5.35. The molecule has 1 aromatic heterocycles. The fourth-order valence-corrected chi connectivity index (χ4v) is 2.23. The average Bonchev–Trinajstić information content (AvgIpc) is 2.77. The van der Waals surface area contributed by atoms with Gasteiger partial charge in [-0.15, -0.1) is 10.2 Å². The molecule has 1 saturated carbocycles. The molecule has 0 saturated heterocycles. The van der Waals surface area contributed by atoms with E-state index < -0.39 is 0 Å². The number of aromatic nitrogens is 3. The second-order valence-electron chi connectivity index (χ2n) is 4.05. The number of hydrogen-bond donors (Lipinski definition) is 1. The Kier molecular flexibility index (Phi) is 2.82. The van der Waals surface area contributed by atoms with E-state index in [4.69, 9.17) is 0 Å². The molecule has 0 aliphatic heterocycles. The van der Waals surface area contributed by atoms with Crippen LogP contribution >= 0.6 is 0 Å². The fraction of sp³-hybridized carbons (Fsp3) is 0.800. The van der Waals surface area contributed by atoms with Crippen LogP contribution in [0, 0.1) is 0 Å². The van der Waals surface area contributed by atoms with Gasteiger partial charge in [0.05, 0.1) is 6.54 Å². The minimum Gasteiger partial charge on any atom is -0.317 e. The highest BCUT2D eigenvalue weighted by Crippen LogP contribution is 2.32. The van der Waals surface area contributed by atoms with Crippen molar-refractivity contribution in [3.05, 3.63) is 11.6 Å². The van der Waals surface area contributed by atoms with Crippen molar-refractivity contribution in [1.29, 1.82) is 0 Å². The molecule has 1 heterocycles. The number of nitrogens with one attached hydrogen (secondary N) is 1. The molecule has 1 fully saturated rings. The van der Waals surface area contributed by atoms with Crippen LogP contribution in [0.5, 0.6) is 0 Å². The molecule has 0 spiro atoms. The van der Waals surface area contributed by atoms with Gasteiger partial charge in [0.15, 0.2) is 0 Å². The Morgan fingerprint density at radius 2 is 2.07 bits per heavy atom. The van der Waals surface area contributed by atoms with E-state index >= 15 is 0 Å². The second-order valence-corrected chi connectivity index (χ2v) is 4.05. The van der Waals surface area contributed by atoms with Gasteiger partial charge in [0.1, 0.15) is 11.6 Å². The van der Waals surface area contributed by atoms with Crippen molar-refractivity contribution in [3.63, 3.8) is 0 Å². The van der Waals surface area contributed by atoms with Crippen LogP contribution in [0.3, 0.4) is 0 Å². The summed E-state index contributed by atoms with van der Waals surface area (Å²) in [6.45, 7) is 0.802. The lowest BCUT2D eigenvalue weighted by Gasteiger charge is -2.08. The topological polar surface area (TPSA) is 42.7 Å². The SMILES string of the molecule is CNCc1nnc(C2CCCC2)n1C. The first-order valence-corrected chi connectivity index (χ1v) is 5.35. The predicted octanol–water partition coefficient (Wildman–Crippen LogP) is 1.19. The second kappa shape index (κ2) is 4.09. The van der Waals surface area contributed by atoms with Gasteiger partial charge in [0.2, 0.25) is 0 Å². The van der Waals surface area contributed by atoms with Gasteiger partial charge >= 0.3 is 0 Å². The number of rotatable bonds is 3. The van der Waals surface area contributed by atoms with Gasteiger partial charge in [-0.3, -0.25) is 0 Å². The largest absolute Gasteiger partial charge is 0.317 e. The molecular formula is C10H18N4. The Morgan fingerprint density at radius 3 is 2.71 bits per heavy atom. The summed E-state index contributed by atoms with van der Waals surface area (Å²) < 4.78 is 2.15. The Hall–Kier alpha value is -0.900. The summed E-state index contributed by atoms with van der Waals surface area (Å²) in [5.41, 5.74) is 0. The van der Waals surface area contributed by atoms with Crippen LogP contribution < -0.4 is 5.32 Å². The van der Waals surface area contributed by atoms with E-state index in [1.165, 1.54) is 31.5 Å². The van der Waals surface area contributed by atoms with Crippen molar-refractivity contribution in [2.45, 2.75) is 38.1 Å². The van der Waals surface area contributed by atoms with Gasteiger partial charge in [0, 0.05) is 13.0 Å². The van der Waals surface area contributed by atoms with Gasteiger partial charge < -0.3 is 9.88 Å². The molecule has 0 amide bonds. The van der Waals surface area contributed by atoms with Crippen molar-refractivity contribution in [2.24, 2.45) is 7.05 Å². The maximum Gasteiger partial charge on any atom is 0.146 e. The molecule has 78 valence electrons. The summed E-state index contributed by atoms with van der Waals surface area (Å²) in [5, 5.41) is 11.6. The Balaban J connectivity index is 2.17. The highest BCUT2D eigenvalue weighted by atomic mass is 15.3.